The predicted molar refractivity (Wildman–Crippen MR) is 92.5 cm³/mol. The summed E-state index contributed by atoms with van der Waals surface area (Å²) < 4.78 is 11.0. The summed E-state index contributed by atoms with van der Waals surface area (Å²) in [6.07, 6.45) is 0. The number of hydrogen-bond donors (Lipinski definition) is 1. The molecule has 0 aromatic heterocycles. The van der Waals surface area contributed by atoms with Crippen molar-refractivity contribution in [3.8, 4) is 5.75 Å². The SMILES string of the molecule is COc1ccccc1C(CNC1=NCCO1)c1cccc(Cl)c1. The van der Waals surface area contributed by atoms with Crippen LogP contribution in [0.15, 0.2) is 53.5 Å². The number of nitrogens with zero attached hydrogens (tertiary/aromatic N) is 1. The molecule has 0 aliphatic carbocycles. The summed E-state index contributed by atoms with van der Waals surface area (Å²) >= 11 is 6.18. The van der Waals surface area contributed by atoms with Crippen LogP contribution in [-0.2, 0) is 4.74 Å². The minimum absolute atomic E-state index is 0.0803. The third kappa shape index (κ3) is 3.77. The number of halogens is 1. The molecule has 0 fully saturated rings. The van der Waals surface area contributed by atoms with Crippen molar-refractivity contribution in [2.75, 3.05) is 26.8 Å². The van der Waals surface area contributed by atoms with Gasteiger partial charge in [0, 0.05) is 23.0 Å². The van der Waals surface area contributed by atoms with E-state index in [9.17, 15) is 0 Å². The van der Waals surface area contributed by atoms with Crippen LogP contribution in [-0.4, -0.2) is 32.8 Å². The van der Waals surface area contributed by atoms with Gasteiger partial charge in [-0.25, -0.2) is 4.99 Å². The van der Waals surface area contributed by atoms with Gasteiger partial charge in [-0.2, -0.15) is 0 Å². The molecule has 2 aromatic rings. The number of hydrogen-bond acceptors (Lipinski definition) is 4. The van der Waals surface area contributed by atoms with Gasteiger partial charge in [0.25, 0.3) is 6.02 Å². The summed E-state index contributed by atoms with van der Waals surface area (Å²) in [6.45, 7) is 2.00. The summed E-state index contributed by atoms with van der Waals surface area (Å²) in [5, 5.41) is 4.00. The van der Waals surface area contributed by atoms with E-state index in [1.165, 1.54) is 0 Å². The molecular weight excluding hydrogens is 312 g/mol. The van der Waals surface area contributed by atoms with E-state index >= 15 is 0 Å². The standard InChI is InChI=1S/C18H19ClN2O2/c1-22-17-8-3-2-7-15(17)16(12-21-18-20-9-10-23-18)13-5-4-6-14(19)11-13/h2-8,11,16H,9-10,12H2,1H3,(H,20,21). The second-order valence-electron chi connectivity index (χ2n) is 5.27. The van der Waals surface area contributed by atoms with Crippen molar-refractivity contribution in [2.24, 2.45) is 4.99 Å². The van der Waals surface area contributed by atoms with E-state index in [0.29, 0.717) is 25.7 Å². The minimum atomic E-state index is 0.0803. The quantitative estimate of drug-likeness (QED) is 0.913. The molecule has 0 bridgehead atoms. The molecule has 1 aliphatic heterocycles. The van der Waals surface area contributed by atoms with Crippen molar-refractivity contribution in [3.05, 3.63) is 64.7 Å². The van der Waals surface area contributed by atoms with E-state index in [1.54, 1.807) is 7.11 Å². The number of methoxy groups -OCH3 is 1. The van der Waals surface area contributed by atoms with Crippen molar-refractivity contribution in [2.45, 2.75) is 5.92 Å². The third-order valence-electron chi connectivity index (χ3n) is 3.81. The molecule has 0 spiro atoms. The van der Waals surface area contributed by atoms with Gasteiger partial charge >= 0.3 is 0 Å². The van der Waals surface area contributed by atoms with Crippen molar-refractivity contribution in [1.29, 1.82) is 0 Å². The van der Waals surface area contributed by atoms with Crippen LogP contribution in [0.25, 0.3) is 0 Å². The zero-order chi connectivity index (χ0) is 16.1. The number of para-hydroxylation sites is 1. The number of benzene rings is 2. The summed E-state index contributed by atoms with van der Waals surface area (Å²) in [7, 11) is 1.69. The van der Waals surface area contributed by atoms with Crippen LogP contribution < -0.4 is 10.1 Å². The Morgan fingerprint density at radius 3 is 2.87 bits per heavy atom. The highest BCUT2D eigenvalue weighted by atomic mass is 35.5. The Balaban J connectivity index is 1.92. The van der Waals surface area contributed by atoms with E-state index in [2.05, 4.69) is 22.4 Å². The van der Waals surface area contributed by atoms with E-state index in [-0.39, 0.29) is 5.92 Å². The van der Waals surface area contributed by atoms with E-state index in [1.807, 2.05) is 36.4 Å². The minimum Gasteiger partial charge on any atom is -0.496 e. The maximum absolute atomic E-state index is 6.18. The zero-order valence-electron chi connectivity index (χ0n) is 13.0. The van der Waals surface area contributed by atoms with Crippen LogP contribution in [0, 0.1) is 0 Å². The Hall–Kier alpha value is -2.20. The highest BCUT2D eigenvalue weighted by Gasteiger charge is 2.20. The van der Waals surface area contributed by atoms with E-state index in [0.717, 1.165) is 21.9 Å². The lowest BCUT2D eigenvalue weighted by molar-refractivity contribution is 0.330. The summed E-state index contributed by atoms with van der Waals surface area (Å²) in [5.74, 6) is 0.935. The molecule has 23 heavy (non-hydrogen) atoms. The average molecular weight is 331 g/mol. The van der Waals surface area contributed by atoms with Crippen LogP contribution in [0.3, 0.4) is 0 Å². The zero-order valence-corrected chi connectivity index (χ0v) is 13.7. The Morgan fingerprint density at radius 1 is 1.26 bits per heavy atom. The monoisotopic (exact) mass is 330 g/mol. The second-order valence-corrected chi connectivity index (χ2v) is 5.70. The van der Waals surface area contributed by atoms with Gasteiger partial charge in [-0.3, -0.25) is 0 Å². The average Bonchev–Trinajstić information content (AvgIpc) is 3.09. The van der Waals surface area contributed by atoms with Gasteiger partial charge in [0.15, 0.2) is 0 Å². The first-order valence-corrected chi connectivity index (χ1v) is 7.95. The Kier molecular flexibility index (Phi) is 5.03. The molecule has 1 aliphatic rings. The molecule has 0 radical (unpaired) electrons. The van der Waals surface area contributed by atoms with Crippen molar-refractivity contribution in [3.63, 3.8) is 0 Å². The van der Waals surface area contributed by atoms with Gasteiger partial charge < -0.3 is 14.8 Å². The molecule has 0 saturated heterocycles. The first-order valence-electron chi connectivity index (χ1n) is 7.57. The lowest BCUT2D eigenvalue weighted by Gasteiger charge is -2.21. The number of nitrogens with one attached hydrogen (secondary N) is 1. The molecule has 3 rings (SSSR count). The number of amidine groups is 1. The van der Waals surface area contributed by atoms with Crippen molar-refractivity contribution in [1.82, 2.24) is 5.32 Å². The molecule has 1 atom stereocenters. The van der Waals surface area contributed by atoms with Crippen LogP contribution >= 0.6 is 11.6 Å². The second kappa shape index (κ2) is 7.38. The van der Waals surface area contributed by atoms with Gasteiger partial charge in [0.1, 0.15) is 12.4 Å². The van der Waals surface area contributed by atoms with Crippen LogP contribution in [0.5, 0.6) is 5.75 Å². The summed E-state index contributed by atoms with van der Waals surface area (Å²) in [5.41, 5.74) is 2.22. The molecule has 0 amide bonds. The number of ether oxygens (including phenoxy) is 2. The van der Waals surface area contributed by atoms with Crippen molar-refractivity contribution >= 4 is 17.6 Å². The molecule has 0 saturated carbocycles. The molecule has 2 aromatic carbocycles. The molecular formula is C18H19ClN2O2. The van der Waals surface area contributed by atoms with Crippen LogP contribution in [0.1, 0.15) is 17.0 Å². The molecule has 5 heteroatoms. The highest BCUT2D eigenvalue weighted by molar-refractivity contribution is 6.30. The smallest absolute Gasteiger partial charge is 0.284 e. The van der Waals surface area contributed by atoms with Crippen LogP contribution in [0.4, 0.5) is 0 Å². The fraction of sp³-hybridized carbons (Fsp3) is 0.278. The third-order valence-corrected chi connectivity index (χ3v) is 4.04. The van der Waals surface area contributed by atoms with Gasteiger partial charge in [-0.15, -0.1) is 0 Å². The van der Waals surface area contributed by atoms with Crippen molar-refractivity contribution < 1.29 is 9.47 Å². The maximum atomic E-state index is 6.18. The molecule has 120 valence electrons. The van der Waals surface area contributed by atoms with Gasteiger partial charge in [-0.05, 0) is 23.8 Å². The molecule has 4 nitrogen and oxygen atoms in total. The summed E-state index contributed by atoms with van der Waals surface area (Å²) in [6, 6.07) is 16.5. The Morgan fingerprint density at radius 2 is 2.13 bits per heavy atom. The largest absolute Gasteiger partial charge is 0.496 e. The van der Waals surface area contributed by atoms with Gasteiger partial charge in [0.05, 0.1) is 13.7 Å². The molecule has 1 unspecified atom stereocenters. The lowest BCUT2D eigenvalue weighted by atomic mass is 9.90. The Labute approximate surface area is 141 Å². The molecule has 1 N–H and O–H groups in total. The lowest BCUT2D eigenvalue weighted by Crippen LogP contribution is -2.29. The first kappa shape index (κ1) is 15.7. The number of aliphatic imine (C=N–C) groups is 1. The Bertz CT molecular complexity index is 703. The normalized spacial score (nSPS) is 14.8. The predicted octanol–water partition coefficient (Wildman–Crippen LogP) is 3.46. The van der Waals surface area contributed by atoms with Crippen LogP contribution in [0.2, 0.25) is 5.02 Å². The highest BCUT2D eigenvalue weighted by Crippen LogP contribution is 2.32. The summed E-state index contributed by atoms with van der Waals surface area (Å²) in [4.78, 5) is 4.28. The fourth-order valence-corrected chi connectivity index (χ4v) is 2.92. The van der Waals surface area contributed by atoms with Gasteiger partial charge in [0.2, 0.25) is 0 Å². The maximum Gasteiger partial charge on any atom is 0.284 e. The topological polar surface area (TPSA) is 42.8 Å². The van der Waals surface area contributed by atoms with E-state index in [4.69, 9.17) is 21.1 Å². The molecule has 1 heterocycles. The van der Waals surface area contributed by atoms with E-state index < -0.39 is 0 Å². The first-order chi connectivity index (χ1) is 11.3. The van der Waals surface area contributed by atoms with Gasteiger partial charge in [-0.1, -0.05) is 41.9 Å². The fourth-order valence-electron chi connectivity index (χ4n) is 2.72. The number of rotatable bonds is 5.